The predicted molar refractivity (Wildman–Crippen MR) is 80.1 cm³/mol. The average Bonchev–Trinajstić information content (AvgIpc) is 2.93. The lowest BCUT2D eigenvalue weighted by Crippen LogP contribution is -2.03. The third-order valence-corrected chi connectivity index (χ3v) is 4.52. The molecule has 0 aliphatic carbocycles. The Labute approximate surface area is 129 Å². The molecule has 1 heterocycles. The summed E-state index contributed by atoms with van der Waals surface area (Å²) in [5.41, 5.74) is 0.148. The number of nitrogens with one attached hydrogen (secondary N) is 1. The molecule has 4 nitrogen and oxygen atoms in total. The number of hydrogen-bond donors (Lipinski definition) is 1. The lowest BCUT2D eigenvalue weighted by molar-refractivity contribution is 0.102. The second-order valence-electron chi connectivity index (χ2n) is 4.14. The van der Waals surface area contributed by atoms with E-state index in [0.29, 0.717) is 9.47 Å². The molecule has 0 spiro atoms. The first kappa shape index (κ1) is 15.8. The van der Waals surface area contributed by atoms with Gasteiger partial charge < -0.3 is 5.32 Å². The summed E-state index contributed by atoms with van der Waals surface area (Å²) < 4.78 is 26.5. The van der Waals surface area contributed by atoms with E-state index in [1.165, 1.54) is 29.2 Å². The van der Waals surface area contributed by atoms with Crippen LogP contribution in [0.25, 0.3) is 0 Å². The molecule has 1 N–H and O–H groups in total. The third kappa shape index (κ3) is 4.47. The van der Waals surface area contributed by atoms with Crippen molar-refractivity contribution in [3.63, 3.8) is 0 Å². The molecular weight excluding hydrogens is 316 g/mol. The van der Waals surface area contributed by atoms with Crippen molar-refractivity contribution < 1.29 is 13.6 Å². The van der Waals surface area contributed by atoms with Crippen LogP contribution in [0.2, 0.25) is 0 Å². The minimum absolute atomic E-state index is 0.105. The van der Waals surface area contributed by atoms with E-state index < -0.39 is 11.6 Å². The summed E-state index contributed by atoms with van der Waals surface area (Å²) in [6.07, 6.45) is 0.983. The van der Waals surface area contributed by atoms with Crippen LogP contribution in [0.5, 0.6) is 0 Å². The lowest BCUT2D eigenvalue weighted by Gasteiger charge is -2.00. The molecule has 0 fully saturated rings. The van der Waals surface area contributed by atoms with Crippen LogP contribution in [0.4, 0.5) is 13.9 Å². The molecule has 1 aromatic heterocycles. The van der Waals surface area contributed by atoms with Gasteiger partial charge in [-0.1, -0.05) is 30.0 Å². The second kappa shape index (κ2) is 7.46. The topological polar surface area (TPSA) is 54.9 Å². The van der Waals surface area contributed by atoms with Crippen LogP contribution in [0.1, 0.15) is 23.7 Å². The highest BCUT2D eigenvalue weighted by Crippen LogP contribution is 2.26. The van der Waals surface area contributed by atoms with E-state index in [4.69, 9.17) is 0 Å². The van der Waals surface area contributed by atoms with E-state index in [9.17, 15) is 13.6 Å². The lowest BCUT2D eigenvalue weighted by atomic mass is 10.1. The van der Waals surface area contributed by atoms with E-state index in [1.807, 2.05) is 6.92 Å². The van der Waals surface area contributed by atoms with Crippen molar-refractivity contribution in [2.45, 2.75) is 17.7 Å². The van der Waals surface area contributed by atoms with Crippen molar-refractivity contribution in [2.24, 2.45) is 0 Å². The van der Waals surface area contributed by atoms with Crippen molar-refractivity contribution in [1.29, 1.82) is 0 Å². The Hall–Kier alpha value is -1.54. The van der Waals surface area contributed by atoms with Gasteiger partial charge in [-0.2, -0.15) is 0 Å². The average molecular weight is 329 g/mol. The number of halogens is 2. The molecule has 0 atom stereocenters. The normalized spacial score (nSPS) is 10.6. The first-order valence-corrected chi connectivity index (χ1v) is 8.08. The van der Waals surface area contributed by atoms with Crippen molar-refractivity contribution in [3.05, 3.63) is 35.4 Å². The molecule has 0 bridgehead atoms. The molecule has 1 aromatic carbocycles. The summed E-state index contributed by atoms with van der Waals surface area (Å²) in [6.45, 7) is 2.86. The summed E-state index contributed by atoms with van der Waals surface area (Å²) in [7, 11) is 0. The van der Waals surface area contributed by atoms with Crippen molar-refractivity contribution in [3.8, 4) is 0 Å². The van der Waals surface area contributed by atoms with Gasteiger partial charge in [0.15, 0.2) is 21.8 Å². The van der Waals surface area contributed by atoms with Crippen LogP contribution in [-0.4, -0.2) is 28.3 Å². The summed E-state index contributed by atoms with van der Waals surface area (Å²) in [4.78, 5) is 11.9. The van der Waals surface area contributed by atoms with Gasteiger partial charge in [-0.05, 0) is 24.6 Å². The van der Waals surface area contributed by atoms with Crippen LogP contribution in [-0.2, 0) is 0 Å². The Morgan fingerprint density at radius 3 is 2.86 bits per heavy atom. The van der Waals surface area contributed by atoms with E-state index in [1.54, 1.807) is 0 Å². The fourth-order valence-corrected chi connectivity index (χ4v) is 3.12. The number of Topliss-reactive ketones (excluding diaryl/α,β-unsaturated/α-hetero) is 1. The van der Waals surface area contributed by atoms with Gasteiger partial charge in [0, 0.05) is 12.1 Å². The zero-order valence-corrected chi connectivity index (χ0v) is 12.9. The van der Waals surface area contributed by atoms with Crippen molar-refractivity contribution in [2.75, 3.05) is 17.6 Å². The van der Waals surface area contributed by atoms with Gasteiger partial charge in [-0.15, -0.1) is 10.2 Å². The SMILES string of the molecule is CCCNc1nnc(SCC(=O)c2ccc(F)c(F)c2)s1. The summed E-state index contributed by atoms with van der Waals surface area (Å²) >= 11 is 2.59. The highest BCUT2D eigenvalue weighted by molar-refractivity contribution is 8.01. The van der Waals surface area contributed by atoms with Crippen LogP contribution >= 0.6 is 23.1 Å². The van der Waals surface area contributed by atoms with Gasteiger partial charge >= 0.3 is 0 Å². The highest BCUT2D eigenvalue weighted by atomic mass is 32.2. The maximum Gasteiger partial charge on any atom is 0.206 e. The number of anilines is 1. The zero-order chi connectivity index (χ0) is 15.2. The standard InChI is InChI=1S/C13H13F2N3OS2/c1-2-5-16-12-17-18-13(21-12)20-7-11(19)8-3-4-9(14)10(15)6-8/h3-4,6H,2,5,7H2,1H3,(H,16,17). The number of benzene rings is 1. The molecule has 0 amide bonds. The molecule has 8 heteroatoms. The summed E-state index contributed by atoms with van der Waals surface area (Å²) in [5, 5.41) is 11.7. The molecule has 0 unspecified atom stereocenters. The minimum Gasteiger partial charge on any atom is -0.360 e. The number of hydrogen-bond acceptors (Lipinski definition) is 6. The maximum atomic E-state index is 13.1. The van der Waals surface area contributed by atoms with Crippen molar-refractivity contribution >= 4 is 34.0 Å². The number of carbonyl (C=O) groups is 1. The Bertz CT molecular complexity index is 634. The first-order chi connectivity index (χ1) is 10.1. The van der Waals surface area contributed by atoms with Gasteiger partial charge in [-0.25, -0.2) is 8.78 Å². The predicted octanol–water partition coefficient (Wildman–Crippen LogP) is 3.61. The summed E-state index contributed by atoms with van der Waals surface area (Å²) in [5.74, 6) is -2.16. The molecular formula is C13H13F2N3OS2. The Morgan fingerprint density at radius 2 is 2.14 bits per heavy atom. The number of ketones is 1. The molecule has 112 valence electrons. The molecule has 0 saturated heterocycles. The molecule has 2 rings (SSSR count). The molecule has 2 aromatic rings. The highest BCUT2D eigenvalue weighted by Gasteiger charge is 2.12. The van der Waals surface area contributed by atoms with E-state index in [2.05, 4.69) is 15.5 Å². The van der Waals surface area contributed by atoms with Gasteiger partial charge in [-0.3, -0.25) is 4.79 Å². The first-order valence-electron chi connectivity index (χ1n) is 6.28. The van der Waals surface area contributed by atoms with Gasteiger partial charge in [0.05, 0.1) is 5.75 Å². The maximum absolute atomic E-state index is 13.1. The number of thioether (sulfide) groups is 1. The van der Waals surface area contributed by atoms with Gasteiger partial charge in [0.1, 0.15) is 0 Å². The quantitative estimate of drug-likeness (QED) is 0.621. The Kier molecular flexibility index (Phi) is 5.63. The molecule has 0 radical (unpaired) electrons. The molecule has 0 saturated carbocycles. The van der Waals surface area contributed by atoms with Gasteiger partial charge in [0.2, 0.25) is 5.13 Å². The molecule has 21 heavy (non-hydrogen) atoms. The number of carbonyl (C=O) groups excluding carboxylic acids is 1. The minimum atomic E-state index is -1.02. The van der Waals surface area contributed by atoms with Crippen molar-refractivity contribution in [1.82, 2.24) is 10.2 Å². The molecule has 0 aliphatic rings. The Morgan fingerprint density at radius 1 is 1.33 bits per heavy atom. The largest absolute Gasteiger partial charge is 0.360 e. The summed E-state index contributed by atoms with van der Waals surface area (Å²) in [6, 6.07) is 3.13. The van der Waals surface area contributed by atoms with Crippen LogP contribution in [0.15, 0.2) is 22.5 Å². The van der Waals surface area contributed by atoms with E-state index in [0.717, 1.165) is 25.1 Å². The smallest absolute Gasteiger partial charge is 0.206 e. The van der Waals surface area contributed by atoms with Crippen LogP contribution < -0.4 is 5.32 Å². The van der Waals surface area contributed by atoms with Gasteiger partial charge in [0.25, 0.3) is 0 Å². The monoisotopic (exact) mass is 329 g/mol. The molecule has 0 aliphatic heterocycles. The van der Waals surface area contributed by atoms with Crippen LogP contribution in [0.3, 0.4) is 0 Å². The fraction of sp³-hybridized carbons (Fsp3) is 0.308. The number of rotatable bonds is 7. The fourth-order valence-electron chi connectivity index (χ4n) is 1.45. The van der Waals surface area contributed by atoms with E-state index >= 15 is 0 Å². The number of nitrogens with zero attached hydrogens (tertiary/aromatic N) is 2. The second-order valence-corrected chi connectivity index (χ2v) is 6.34. The number of aromatic nitrogens is 2. The Balaban J connectivity index is 1.91. The van der Waals surface area contributed by atoms with Crippen LogP contribution in [0, 0.1) is 11.6 Å². The third-order valence-electron chi connectivity index (χ3n) is 2.50. The zero-order valence-electron chi connectivity index (χ0n) is 11.2. The van der Waals surface area contributed by atoms with E-state index in [-0.39, 0.29) is 17.1 Å².